The molecule has 0 saturated carbocycles. The Morgan fingerprint density at radius 3 is 2.81 bits per heavy atom. The lowest BCUT2D eigenvalue weighted by Crippen LogP contribution is -2.51. The average Bonchev–Trinajstić information content (AvgIpc) is 3.52. The summed E-state index contributed by atoms with van der Waals surface area (Å²) in [7, 11) is 2.94. The number of aromatic nitrogens is 6. The Balaban J connectivity index is 1.31. The molecule has 14 heteroatoms. The summed E-state index contributed by atoms with van der Waals surface area (Å²) in [5.41, 5.74) is 2.07. The first-order valence-corrected chi connectivity index (χ1v) is 11.4. The second-order valence-electron chi connectivity index (χ2n) is 8.33. The molecule has 5 rings (SSSR count). The third kappa shape index (κ3) is 4.91. The lowest BCUT2D eigenvalue weighted by Gasteiger charge is -2.36. The fraction of sp³-hybridized carbons (Fsp3) is 0.304. The third-order valence-corrected chi connectivity index (χ3v) is 5.92. The molecule has 0 aliphatic carbocycles. The summed E-state index contributed by atoms with van der Waals surface area (Å²) in [6.45, 7) is 1.93. The number of benzene rings is 1. The highest BCUT2D eigenvalue weighted by atomic mass is 19.1. The molecule has 1 saturated heterocycles. The van der Waals surface area contributed by atoms with Crippen LogP contribution in [0.3, 0.4) is 0 Å². The number of tetrazole rings is 1. The summed E-state index contributed by atoms with van der Waals surface area (Å²) in [4.78, 5) is 27.5. The van der Waals surface area contributed by atoms with Crippen LogP contribution in [0, 0.1) is 5.82 Å². The number of nitrogens with one attached hydrogen (secondary N) is 2. The van der Waals surface area contributed by atoms with E-state index in [9.17, 15) is 14.0 Å². The number of likely N-dealkylation sites (tertiary alicyclic amines) is 1. The van der Waals surface area contributed by atoms with Gasteiger partial charge in [0.2, 0.25) is 5.82 Å². The van der Waals surface area contributed by atoms with Crippen molar-refractivity contribution in [3.63, 3.8) is 0 Å². The maximum atomic E-state index is 14.6. The van der Waals surface area contributed by atoms with Crippen molar-refractivity contribution in [3.8, 4) is 11.4 Å². The maximum absolute atomic E-state index is 14.6. The summed E-state index contributed by atoms with van der Waals surface area (Å²) in [6, 6.07) is 7.65. The van der Waals surface area contributed by atoms with Gasteiger partial charge in [-0.15, -0.1) is 10.2 Å². The van der Waals surface area contributed by atoms with Crippen molar-refractivity contribution in [1.82, 2.24) is 34.7 Å². The van der Waals surface area contributed by atoms with Crippen LogP contribution >= 0.6 is 0 Å². The molecule has 2 N–H and O–H groups in total. The molecule has 1 aliphatic heterocycles. The van der Waals surface area contributed by atoms with Crippen molar-refractivity contribution >= 4 is 28.9 Å². The van der Waals surface area contributed by atoms with Crippen LogP contribution in [0.2, 0.25) is 0 Å². The van der Waals surface area contributed by atoms with Gasteiger partial charge in [-0.3, -0.25) is 4.79 Å². The van der Waals surface area contributed by atoms with E-state index in [0.717, 1.165) is 5.69 Å². The van der Waals surface area contributed by atoms with E-state index in [2.05, 4.69) is 35.9 Å². The first-order chi connectivity index (χ1) is 18.0. The minimum Gasteiger partial charge on any atom is -0.453 e. The number of ether oxygens (including phenoxy) is 2. The van der Waals surface area contributed by atoms with Gasteiger partial charge in [0.05, 0.1) is 49.8 Å². The molecule has 0 bridgehead atoms. The molecule has 4 aromatic rings. The highest BCUT2D eigenvalue weighted by molar-refractivity contribution is 6.09. The number of halogens is 1. The fourth-order valence-electron chi connectivity index (χ4n) is 3.89. The SMILES string of the molecule is COCCNc1ccn2ncc(C(=O)Nc3cc(-c4nnn(C5CN(C(=O)OC)C5)n4)ccc3F)c2c1. The Morgan fingerprint density at radius 1 is 1.19 bits per heavy atom. The zero-order valence-corrected chi connectivity index (χ0v) is 20.1. The number of anilines is 2. The summed E-state index contributed by atoms with van der Waals surface area (Å²) in [5, 5.41) is 22.5. The van der Waals surface area contributed by atoms with Crippen LogP contribution in [-0.4, -0.2) is 87.2 Å². The van der Waals surface area contributed by atoms with Gasteiger partial charge >= 0.3 is 6.09 Å². The molecule has 1 aromatic carbocycles. The lowest BCUT2D eigenvalue weighted by atomic mass is 10.1. The number of rotatable bonds is 8. The van der Waals surface area contributed by atoms with Crippen LogP contribution in [0.4, 0.5) is 20.6 Å². The predicted octanol–water partition coefficient (Wildman–Crippen LogP) is 2.06. The van der Waals surface area contributed by atoms with E-state index in [1.165, 1.54) is 41.2 Å². The van der Waals surface area contributed by atoms with E-state index in [1.807, 2.05) is 6.07 Å². The molecule has 37 heavy (non-hydrogen) atoms. The number of carbonyl (C=O) groups excluding carboxylic acids is 2. The number of fused-ring (bicyclic) bond motifs is 1. The Bertz CT molecular complexity index is 1450. The van der Waals surface area contributed by atoms with Crippen molar-refractivity contribution < 1.29 is 23.5 Å². The number of carbonyl (C=O) groups is 2. The molecule has 13 nitrogen and oxygen atoms in total. The van der Waals surface area contributed by atoms with Gasteiger partial charge in [0.25, 0.3) is 5.91 Å². The van der Waals surface area contributed by atoms with E-state index in [0.29, 0.717) is 37.3 Å². The quantitative estimate of drug-likeness (QED) is 0.342. The summed E-state index contributed by atoms with van der Waals surface area (Å²) in [6.07, 6.45) is 2.74. The molecule has 0 atom stereocenters. The van der Waals surface area contributed by atoms with Gasteiger partial charge in [-0.05, 0) is 35.5 Å². The Hall–Kier alpha value is -4.59. The van der Waals surface area contributed by atoms with Crippen molar-refractivity contribution in [2.45, 2.75) is 6.04 Å². The number of methoxy groups -OCH3 is 2. The summed E-state index contributed by atoms with van der Waals surface area (Å²) in [5.74, 6) is -0.876. The zero-order valence-electron chi connectivity index (χ0n) is 20.1. The average molecular weight is 510 g/mol. The summed E-state index contributed by atoms with van der Waals surface area (Å²) < 4.78 is 25.9. The van der Waals surface area contributed by atoms with Gasteiger partial charge < -0.3 is 25.0 Å². The van der Waals surface area contributed by atoms with E-state index < -0.39 is 17.8 Å². The van der Waals surface area contributed by atoms with E-state index >= 15 is 0 Å². The van der Waals surface area contributed by atoms with Crippen LogP contribution in [0.25, 0.3) is 16.9 Å². The van der Waals surface area contributed by atoms with Crippen molar-refractivity contribution in [3.05, 3.63) is 54.1 Å². The van der Waals surface area contributed by atoms with E-state index in [1.54, 1.807) is 23.9 Å². The Kier molecular flexibility index (Phi) is 6.64. The van der Waals surface area contributed by atoms with Crippen LogP contribution in [0.15, 0.2) is 42.7 Å². The second kappa shape index (κ2) is 10.2. The van der Waals surface area contributed by atoms with Gasteiger partial charge in [-0.2, -0.15) is 9.90 Å². The van der Waals surface area contributed by atoms with Crippen molar-refractivity contribution in [2.24, 2.45) is 0 Å². The zero-order chi connectivity index (χ0) is 25.9. The van der Waals surface area contributed by atoms with Gasteiger partial charge in [0, 0.05) is 31.1 Å². The largest absolute Gasteiger partial charge is 0.453 e. The number of amides is 2. The fourth-order valence-corrected chi connectivity index (χ4v) is 3.89. The first kappa shape index (κ1) is 24.1. The number of hydrogen-bond acceptors (Lipinski definition) is 9. The van der Waals surface area contributed by atoms with Gasteiger partial charge in [-0.1, -0.05) is 0 Å². The predicted molar refractivity (Wildman–Crippen MR) is 130 cm³/mol. The number of hydrogen-bond donors (Lipinski definition) is 2. The minimum atomic E-state index is -0.615. The molecular weight excluding hydrogens is 485 g/mol. The Labute approximate surface area is 210 Å². The molecule has 1 fully saturated rings. The van der Waals surface area contributed by atoms with Crippen LogP contribution in [0.5, 0.6) is 0 Å². The molecule has 0 radical (unpaired) electrons. The first-order valence-electron chi connectivity index (χ1n) is 11.4. The second-order valence-corrected chi connectivity index (χ2v) is 8.33. The van der Waals surface area contributed by atoms with Crippen LogP contribution < -0.4 is 10.6 Å². The topological polar surface area (TPSA) is 141 Å². The minimum absolute atomic E-state index is 0.0342. The van der Waals surface area contributed by atoms with E-state index in [-0.39, 0.29) is 23.1 Å². The highest BCUT2D eigenvalue weighted by Crippen LogP contribution is 2.25. The van der Waals surface area contributed by atoms with Gasteiger partial charge in [0.1, 0.15) is 11.9 Å². The van der Waals surface area contributed by atoms with Gasteiger partial charge in [-0.25, -0.2) is 13.7 Å². The Morgan fingerprint density at radius 2 is 2.03 bits per heavy atom. The molecule has 0 spiro atoms. The highest BCUT2D eigenvalue weighted by Gasteiger charge is 2.34. The van der Waals surface area contributed by atoms with Crippen molar-refractivity contribution in [1.29, 1.82) is 0 Å². The molecule has 3 aromatic heterocycles. The monoisotopic (exact) mass is 509 g/mol. The molecule has 1 aliphatic rings. The normalized spacial score (nSPS) is 13.4. The van der Waals surface area contributed by atoms with Crippen LogP contribution in [-0.2, 0) is 9.47 Å². The molecule has 2 amide bonds. The van der Waals surface area contributed by atoms with Gasteiger partial charge in [0.15, 0.2) is 0 Å². The lowest BCUT2D eigenvalue weighted by molar-refractivity contribution is 0.0621. The number of nitrogens with zero attached hydrogens (tertiary/aromatic N) is 7. The van der Waals surface area contributed by atoms with Crippen molar-refractivity contribution in [2.75, 3.05) is 51.1 Å². The summed E-state index contributed by atoms with van der Waals surface area (Å²) >= 11 is 0. The van der Waals surface area contributed by atoms with E-state index in [4.69, 9.17) is 4.74 Å². The molecule has 192 valence electrons. The molecule has 4 heterocycles. The standard InChI is InChI=1S/C23H24FN9O4/c1-36-8-6-25-15-5-7-32-20(10-15)17(11-26-32)22(34)27-19-9-14(3-4-18(19)24)21-28-30-33(29-21)16-12-31(13-16)23(35)37-2/h3-5,7,9-11,16,25H,6,8,12-13H2,1-2H3,(H,27,34). The molecule has 0 unspecified atom stereocenters. The van der Waals surface area contributed by atoms with Crippen LogP contribution in [0.1, 0.15) is 16.4 Å². The maximum Gasteiger partial charge on any atom is 0.409 e. The smallest absolute Gasteiger partial charge is 0.409 e. The third-order valence-electron chi connectivity index (χ3n) is 5.92. The molecular formula is C23H24FN9O4. The number of pyridine rings is 1.